The van der Waals surface area contributed by atoms with Gasteiger partial charge in [-0.1, -0.05) is 60.7 Å². The average Bonchev–Trinajstić information content (AvgIpc) is 2.41. The molecule has 0 amide bonds. The predicted octanol–water partition coefficient (Wildman–Crippen LogP) is 4.15. The van der Waals surface area contributed by atoms with Crippen LogP contribution in [-0.4, -0.2) is 6.29 Å². The van der Waals surface area contributed by atoms with E-state index in [1.165, 1.54) is 11.1 Å². The van der Waals surface area contributed by atoms with Gasteiger partial charge < -0.3 is 0 Å². The van der Waals surface area contributed by atoms with Crippen molar-refractivity contribution >= 4 is 30.6 Å². The quantitative estimate of drug-likeness (QED) is 0.576. The van der Waals surface area contributed by atoms with Gasteiger partial charge in [0.05, 0.1) is 0 Å². The van der Waals surface area contributed by atoms with Gasteiger partial charge in [-0.15, -0.1) is 0 Å². The zero-order valence-corrected chi connectivity index (χ0v) is 9.84. The van der Waals surface area contributed by atoms with E-state index in [0.29, 0.717) is 5.56 Å². The van der Waals surface area contributed by atoms with Crippen molar-refractivity contribution in [2.24, 2.45) is 0 Å². The van der Waals surface area contributed by atoms with Crippen molar-refractivity contribution in [2.75, 3.05) is 0 Å². The maximum absolute atomic E-state index is 10.8. The highest BCUT2D eigenvalue weighted by atomic mass is 16.1. The first-order chi connectivity index (χ1) is 8.86. The van der Waals surface area contributed by atoms with Crippen LogP contribution in [0.2, 0.25) is 0 Å². The van der Waals surface area contributed by atoms with Crippen LogP contribution in [0, 0.1) is 0 Å². The van der Waals surface area contributed by atoms with Gasteiger partial charge in [0.1, 0.15) is 6.29 Å². The molecule has 3 rings (SSSR count). The summed E-state index contributed by atoms with van der Waals surface area (Å²) in [5.41, 5.74) is 5.31. The van der Waals surface area contributed by atoms with Gasteiger partial charge in [-0.25, -0.2) is 0 Å². The van der Waals surface area contributed by atoms with E-state index in [-0.39, 0.29) is 0 Å². The number of carbonyl (C=O) groups excluding carboxylic acids is 1. The average molecular weight is 232 g/mol. The van der Waals surface area contributed by atoms with Crippen molar-refractivity contribution in [1.82, 2.24) is 0 Å². The van der Waals surface area contributed by atoms with Gasteiger partial charge in [0.25, 0.3) is 0 Å². The molecule has 1 aliphatic carbocycles. The maximum Gasteiger partial charge on any atom is 0.150 e. The second-order valence-corrected chi connectivity index (χ2v) is 4.30. The van der Waals surface area contributed by atoms with Crippen molar-refractivity contribution in [2.45, 2.75) is 0 Å². The standard InChI is InChI=1S/C17H12O/c18-12-13-5-6-16-8-7-14-3-1-2-4-15(14)9-10-17(16)11-13/h1-12H. The molecule has 1 nitrogen and oxygen atoms in total. The molecule has 2 aromatic carbocycles. The summed E-state index contributed by atoms with van der Waals surface area (Å²) in [7, 11) is 0. The van der Waals surface area contributed by atoms with Gasteiger partial charge in [0.15, 0.2) is 0 Å². The number of hydrogen-bond donors (Lipinski definition) is 0. The molecule has 0 saturated heterocycles. The molecule has 0 aliphatic heterocycles. The predicted molar refractivity (Wildman–Crippen MR) is 76.1 cm³/mol. The summed E-state index contributed by atoms with van der Waals surface area (Å²) in [4.78, 5) is 10.8. The Kier molecular flexibility index (Phi) is 2.66. The number of hydrogen-bond acceptors (Lipinski definition) is 1. The fraction of sp³-hybridized carbons (Fsp3) is 0. The van der Waals surface area contributed by atoms with Crippen LogP contribution in [0.5, 0.6) is 0 Å². The highest BCUT2D eigenvalue weighted by Gasteiger charge is 2.03. The van der Waals surface area contributed by atoms with Gasteiger partial charge in [0, 0.05) is 5.56 Å². The normalized spacial score (nSPS) is 12.2. The van der Waals surface area contributed by atoms with E-state index in [4.69, 9.17) is 0 Å². The van der Waals surface area contributed by atoms with E-state index >= 15 is 0 Å². The number of fused-ring (bicyclic) bond motifs is 2. The van der Waals surface area contributed by atoms with E-state index in [2.05, 4.69) is 36.4 Å². The summed E-state index contributed by atoms with van der Waals surface area (Å²) < 4.78 is 0. The van der Waals surface area contributed by atoms with Crippen molar-refractivity contribution in [1.29, 1.82) is 0 Å². The van der Waals surface area contributed by atoms with Crippen LogP contribution in [0.4, 0.5) is 0 Å². The van der Waals surface area contributed by atoms with Crippen molar-refractivity contribution in [3.8, 4) is 0 Å². The molecule has 1 heteroatoms. The van der Waals surface area contributed by atoms with Gasteiger partial charge in [-0.3, -0.25) is 4.79 Å². The van der Waals surface area contributed by atoms with Crippen LogP contribution >= 0.6 is 0 Å². The van der Waals surface area contributed by atoms with Crippen molar-refractivity contribution in [3.05, 3.63) is 70.3 Å². The number of carbonyl (C=O) groups is 1. The molecule has 0 N–H and O–H groups in total. The summed E-state index contributed by atoms with van der Waals surface area (Å²) >= 11 is 0. The second-order valence-electron chi connectivity index (χ2n) is 4.30. The SMILES string of the molecule is O=Cc1ccc2c(c1)C=Cc1ccccc1C=C2. The van der Waals surface area contributed by atoms with Crippen molar-refractivity contribution in [3.63, 3.8) is 0 Å². The molecular formula is C17H12O. The molecule has 18 heavy (non-hydrogen) atoms. The zero-order valence-electron chi connectivity index (χ0n) is 9.84. The topological polar surface area (TPSA) is 17.1 Å². The third-order valence-electron chi connectivity index (χ3n) is 3.13. The third-order valence-corrected chi connectivity index (χ3v) is 3.13. The summed E-state index contributed by atoms with van der Waals surface area (Å²) in [6.45, 7) is 0. The Bertz CT molecular complexity index is 663. The largest absolute Gasteiger partial charge is 0.298 e. The summed E-state index contributed by atoms with van der Waals surface area (Å²) in [6.07, 6.45) is 9.23. The van der Waals surface area contributed by atoms with Crippen molar-refractivity contribution < 1.29 is 4.79 Å². The zero-order chi connectivity index (χ0) is 12.4. The summed E-state index contributed by atoms with van der Waals surface area (Å²) in [5, 5.41) is 0. The molecule has 0 heterocycles. The first-order valence-corrected chi connectivity index (χ1v) is 5.91. The lowest BCUT2D eigenvalue weighted by molar-refractivity contribution is 0.112. The smallest absolute Gasteiger partial charge is 0.150 e. The molecule has 0 unspecified atom stereocenters. The van der Waals surface area contributed by atoms with Gasteiger partial charge in [0.2, 0.25) is 0 Å². The highest BCUT2D eigenvalue weighted by Crippen LogP contribution is 2.23. The number of aldehydes is 1. The molecule has 0 aromatic heterocycles. The number of benzene rings is 2. The molecule has 0 bridgehead atoms. The summed E-state index contributed by atoms with van der Waals surface area (Å²) in [5.74, 6) is 0. The van der Waals surface area contributed by atoms with Crippen LogP contribution in [0.15, 0.2) is 42.5 Å². The van der Waals surface area contributed by atoms with Crippen LogP contribution in [0.1, 0.15) is 32.6 Å². The lowest BCUT2D eigenvalue weighted by atomic mass is 9.97. The highest BCUT2D eigenvalue weighted by molar-refractivity contribution is 5.88. The van der Waals surface area contributed by atoms with E-state index < -0.39 is 0 Å². The molecule has 0 fully saturated rings. The molecule has 1 aliphatic rings. The Hall–Kier alpha value is -2.41. The lowest BCUT2D eigenvalue weighted by Crippen LogP contribution is -1.88. The Morgan fingerprint density at radius 3 is 1.83 bits per heavy atom. The minimum atomic E-state index is 0.709. The Morgan fingerprint density at radius 2 is 1.22 bits per heavy atom. The van der Waals surface area contributed by atoms with Gasteiger partial charge in [-0.05, 0) is 28.3 Å². The molecule has 0 saturated carbocycles. The van der Waals surface area contributed by atoms with Gasteiger partial charge in [-0.2, -0.15) is 0 Å². The molecule has 0 atom stereocenters. The van der Waals surface area contributed by atoms with Crippen LogP contribution in [0.25, 0.3) is 24.3 Å². The van der Waals surface area contributed by atoms with Crippen LogP contribution in [-0.2, 0) is 0 Å². The number of rotatable bonds is 1. The van der Waals surface area contributed by atoms with E-state index in [0.717, 1.165) is 17.4 Å². The Balaban J connectivity index is 2.15. The fourth-order valence-electron chi connectivity index (χ4n) is 2.14. The minimum absolute atomic E-state index is 0.709. The van der Waals surface area contributed by atoms with Gasteiger partial charge >= 0.3 is 0 Å². The third kappa shape index (κ3) is 1.91. The van der Waals surface area contributed by atoms with E-state index in [1.54, 1.807) is 0 Å². The van der Waals surface area contributed by atoms with E-state index in [1.807, 2.05) is 30.3 Å². The van der Waals surface area contributed by atoms with Crippen LogP contribution in [0.3, 0.4) is 0 Å². The second kappa shape index (κ2) is 4.46. The molecule has 86 valence electrons. The lowest BCUT2D eigenvalue weighted by Gasteiger charge is -2.07. The maximum atomic E-state index is 10.8. The molecule has 2 aromatic rings. The Labute approximate surface area is 106 Å². The molecule has 0 radical (unpaired) electrons. The molecular weight excluding hydrogens is 220 g/mol. The molecule has 0 spiro atoms. The summed E-state index contributed by atoms with van der Waals surface area (Å²) in [6, 6.07) is 14.0. The van der Waals surface area contributed by atoms with Crippen LogP contribution < -0.4 is 0 Å². The first kappa shape index (κ1) is 10.7. The first-order valence-electron chi connectivity index (χ1n) is 5.91. The Morgan fingerprint density at radius 1 is 0.667 bits per heavy atom. The fourth-order valence-corrected chi connectivity index (χ4v) is 2.14. The van der Waals surface area contributed by atoms with E-state index in [9.17, 15) is 4.79 Å². The minimum Gasteiger partial charge on any atom is -0.298 e. The monoisotopic (exact) mass is 232 g/mol.